The predicted octanol–water partition coefficient (Wildman–Crippen LogP) is 2.73. The molecule has 0 spiro atoms. The first-order chi connectivity index (χ1) is 17.1. The number of allylic oxidation sites excluding steroid dienone is 1. The molecule has 9 nitrogen and oxygen atoms in total. The zero-order valence-electron chi connectivity index (χ0n) is 19.3. The maximum atomic E-state index is 13.1. The Balaban J connectivity index is 1.50. The van der Waals surface area contributed by atoms with Gasteiger partial charge in [0.2, 0.25) is 5.88 Å². The van der Waals surface area contributed by atoms with Gasteiger partial charge >= 0.3 is 5.63 Å². The smallest absolute Gasteiger partial charge is 0.344 e. The molecule has 1 saturated heterocycles. The molecule has 1 unspecified atom stereocenters. The molecule has 0 radical (unpaired) electrons. The monoisotopic (exact) mass is 475 g/mol. The van der Waals surface area contributed by atoms with Crippen molar-refractivity contribution in [3.8, 4) is 23.3 Å². The molecule has 1 fully saturated rings. The Hall–Kier alpha value is -4.00. The second-order valence-electron chi connectivity index (χ2n) is 8.27. The summed E-state index contributed by atoms with van der Waals surface area (Å²) in [6.45, 7) is 4.47. The van der Waals surface area contributed by atoms with E-state index in [9.17, 15) is 10.1 Å². The van der Waals surface area contributed by atoms with Crippen LogP contribution in [0.2, 0.25) is 0 Å². The summed E-state index contributed by atoms with van der Waals surface area (Å²) in [5.74, 6) is 0.519. The van der Waals surface area contributed by atoms with Gasteiger partial charge < -0.3 is 29.1 Å². The van der Waals surface area contributed by atoms with Gasteiger partial charge in [0.15, 0.2) is 17.2 Å². The summed E-state index contributed by atoms with van der Waals surface area (Å²) >= 11 is 0. The Labute approximate surface area is 201 Å². The minimum absolute atomic E-state index is 0.0504. The second kappa shape index (κ2) is 9.70. The Morgan fingerprint density at radius 2 is 1.97 bits per heavy atom. The summed E-state index contributed by atoms with van der Waals surface area (Å²) in [4.78, 5) is 15.3. The van der Waals surface area contributed by atoms with Gasteiger partial charge in [0, 0.05) is 19.6 Å². The summed E-state index contributed by atoms with van der Waals surface area (Å²) in [6, 6.07) is 14.5. The molecule has 35 heavy (non-hydrogen) atoms. The molecule has 0 bridgehead atoms. The average molecular weight is 476 g/mol. The number of nitrogens with two attached hydrogens (primary N) is 1. The van der Waals surface area contributed by atoms with Crippen molar-refractivity contribution in [1.82, 2.24) is 4.90 Å². The minimum atomic E-state index is -0.777. The van der Waals surface area contributed by atoms with Gasteiger partial charge in [-0.1, -0.05) is 18.2 Å². The van der Waals surface area contributed by atoms with E-state index in [0.717, 1.165) is 32.8 Å². The van der Waals surface area contributed by atoms with Crippen LogP contribution >= 0.6 is 0 Å². The van der Waals surface area contributed by atoms with Gasteiger partial charge in [-0.2, -0.15) is 5.26 Å². The number of nitriles is 1. The van der Waals surface area contributed by atoms with Crippen LogP contribution in [0.1, 0.15) is 17.0 Å². The number of hydrogen-bond donors (Lipinski definition) is 1. The Morgan fingerprint density at radius 1 is 1.17 bits per heavy atom. The summed E-state index contributed by atoms with van der Waals surface area (Å²) in [7, 11) is 1.54. The number of rotatable bonds is 6. The lowest BCUT2D eigenvalue weighted by Gasteiger charge is -2.27. The van der Waals surface area contributed by atoms with E-state index in [2.05, 4.69) is 11.0 Å². The van der Waals surface area contributed by atoms with Crippen LogP contribution in [0.4, 0.5) is 0 Å². The SMILES string of the molecule is COc1cc(C2C(C#N)=C(N)Oc3c2c(=O)oc2ccccc32)ccc1OCCN1CCOCC1. The molecule has 0 aliphatic carbocycles. The van der Waals surface area contributed by atoms with Gasteiger partial charge in [0.1, 0.15) is 23.8 Å². The van der Waals surface area contributed by atoms with Gasteiger partial charge in [-0.05, 0) is 29.8 Å². The lowest BCUT2D eigenvalue weighted by molar-refractivity contribution is 0.0321. The normalized spacial score (nSPS) is 18.0. The standard InChI is InChI=1S/C26H25N3O6/c1-31-21-14-16(6-7-20(21)33-13-10-29-8-11-32-12-9-29)22-18(15-27)25(28)35-24-17-4-2-3-5-19(17)34-26(30)23(22)24/h2-7,14,22H,8-13,28H2,1H3. The molecule has 0 saturated carbocycles. The fourth-order valence-electron chi connectivity index (χ4n) is 4.49. The molecule has 0 amide bonds. The van der Waals surface area contributed by atoms with Crippen molar-refractivity contribution >= 4 is 11.0 Å². The molecule has 2 aromatic carbocycles. The number of ether oxygens (including phenoxy) is 4. The van der Waals surface area contributed by atoms with Crippen LogP contribution in [-0.2, 0) is 4.74 Å². The molecule has 2 N–H and O–H groups in total. The van der Waals surface area contributed by atoms with Gasteiger partial charge in [0.05, 0.1) is 37.2 Å². The van der Waals surface area contributed by atoms with Crippen molar-refractivity contribution < 1.29 is 23.4 Å². The first-order valence-electron chi connectivity index (χ1n) is 11.3. The minimum Gasteiger partial charge on any atom is -0.493 e. The highest BCUT2D eigenvalue weighted by atomic mass is 16.5. The van der Waals surface area contributed by atoms with E-state index in [1.165, 1.54) is 0 Å². The van der Waals surface area contributed by atoms with E-state index >= 15 is 0 Å². The fraction of sp³-hybridized carbons (Fsp3) is 0.308. The molecule has 1 aromatic heterocycles. The number of benzene rings is 2. The zero-order valence-corrected chi connectivity index (χ0v) is 19.3. The summed E-state index contributed by atoms with van der Waals surface area (Å²) in [5.41, 5.74) is 6.91. The molecular formula is C26H25N3O6. The lowest BCUT2D eigenvalue weighted by atomic mass is 9.83. The number of nitrogens with zero attached hydrogens (tertiary/aromatic N) is 2. The molecule has 3 heterocycles. The number of methoxy groups -OCH3 is 1. The molecule has 2 aliphatic rings. The van der Waals surface area contributed by atoms with Crippen molar-refractivity contribution in [3.63, 3.8) is 0 Å². The van der Waals surface area contributed by atoms with Gasteiger partial charge in [-0.3, -0.25) is 4.90 Å². The Kier molecular flexibility index (Phi) is 6.31. The molecule has 1 atom stereocenters. The van der Waals surface area contributed by atoms with Crippen LogP contribution in [0.15, 0.2) is 63.1 Å². The highest BCUT2D eigenvalue weighted by Crippen LogP contribution is 2.45. The van der Waals surface area contributed by atoms with Crippen molar-refractivity contribution in [2.75, 3.05) is 46.6 Å². The van der Waals surface area contributed by atoms with E-state index < -0.39 is 11.5 Å². The third-order valence-electron chi connectivity index (χ3n) is 6.26. The molecule has 5 rings (SSSR count). The number of hydrogen-bond acceptors (Lipinski definition) is 9. The maximum absolute atomic E-state index is 13.1. The first-order valence-corrected chi connectivity index (χ1v) is 11.3. The largest absolute Gasteiger partial charge is 0.493 e. The fourth-order valence-corrected chi connectivity index (χ4v) is 4.49. The molecule has 9 heteroatoms. The maximum Gasteiger partial charge on any atom is 0.344 e. The third kappa shape index (κ3) is 4.30. The van der Waals surface area contributed by atoms with Crippen LogP contribution in [0, 0.1) is 11.3 Å². The van der Waals surface area contributed by atoms with Crippen molar-refractivity contribution in [1.29, 1.82) is 5.26 Å². The Bertz CT molecular complexity index is 1380. The van der Waals surface area contributed by atoms with Crippen molar-refractivity contribution in [2.45, 2.75) is 5.92 Å². The highest BCUT2D eigenvalue weighted by Gasteiger charge is 2.36. The molecule has 3 aromatic rings. The van der Waals surface area contributed by atoms with Crippen molar-refractivity contribution in [3.05, 3.63) is 75.5 Å². The zero-order chi connectivity index (χ0) is 24.4. The molecular weight excluding hydrogens is 450 g/mol. The van der Waals surface area contributed by atoms with Crippen LogP contribution in [-0.4, -0.2) is 51.5 Å². The number of fused-ring (bicyclic) bond motifs is 3. The summed E-state index contributed by atoms with van der Waals surface area (Å²) < 4.78 is 28.3. The predicted molar refractivity (Wildman–Crippen MR) is 128 cm³/mol. The van der Waals surface area contributed by atoms with Crippen LogP contribution < -0.4 is 25.6 Å². The van der Waals surface area contributed by atoms with Crippen LogP contribution in [0.5, 0.6) is 17.2 Å². The first kappa shape index (κ1) is 22.8. The number of morpholine rings is 1. The second-order valence-corrected chi connectivity index (χ2v) is 8.27. The number of para-hydroxylation sites is 1. The van der Waals surface area contributed by atoms with Gasteiger partial charge in [-0.25, -0.2) is 4.79 Å². The summed E-state index contributed by atoms with van der Waals surface area (Å²) in [6.07, 6.45) is 0. The van der Waals surface area contributed by atoms with Gasteiger partial charge in [0.25, 0.3) is 0 Å². The highest BCUT2D eigenvalue weighted by molar-refractivity contribution is 5.86. The van der Waals surface area contributed by atoms with Crippen LogP contribution in [0.25, 0.3) is 11.0 Å². The lowest BCUT2D eigenvalue weighted by Crippen LogP contribution is -2.38. The summed E-state index contributed by atoms with van der Waals surface area (Å²) in [5, 5.41) is 10.5. The van der Waals surface area contributed by atoms with E-state index in [1.54, 1.807) is 43.5 Å². The van der Waals surface area contributed by atoms with Gasteiger partial charge in [-0.15, -0.1) is 0 Å². The average Bonchev–Trinajstić information content (AvgIpc) is 2.89. The third-order valence-corrected chi connectivity index (χ3v) is 6.26. The molecule has 180 valence electrons. The van der Waals surface area contributed by atoms with E-state index in [4.69, 9.17) is 29.1 Å². The Morgan fingerprint density at radius 3 is 2.74 bits per heavy atom. The topological polar surface area (TPSA) is 120 Å². The van der Waals surface area contributed by atoms with E-state index in [-0.39, 0.29) is 17.0 Å². The molecule has 2 aliphatic heterocycles. The van der Waals surface area contributed by atoms with E-state index in [1.807, 2.05) is 6.07 Å². The van der Waals surface area contributed by atoms with Crippen molar-refractivity contribution in [2.24, 2.45) is 5.73 Å². The quantitative estimate of drug-likeness (QED) is 0.537. The van der Waals surface area contributed by atoms with Crippen LogP contribution in [0.3, 0.4) is 0 Å². The van der Waals surface area contributed by atoms with E-state index in [0.29, 0.717) is 40.4 Å².